The van der Waals surface area contributed by atoms with Gasteiger partial charge < -0.3 is 15.4 Å². The fraction of sp³-hybridized carbons (Fsp3) is 0.200. The average molecular weight is 435 g/mol. The van der Waals surface area contributed by atoms with E-state index in [1.165, 1.54) is 11.3 Å². The summed E-state index contributed by atoms with van der Waals surface area (Å²) >= 11 is 1.51. The Hall–Kier alpha value is -3.38. The van der Waals surface area contributed by atoms with Gasteiger partial charge in [0, 0.05) is 10.1 Å². The summed E-state index contributed by atoms with van der Waals surface area (Å²) in [5.41, 5.74) is 2.03. The number of hydrogen-bond donors (Lipinski definition) is 3. The van der Waals surface area contributed by atoms with Crippen LogP contribution >= 0.6 is 11.3 Å². The largest absolute Gasteiger partial charge is 0.506 e. The zero-order valence-electron chi connectivity index (χ0n) is 17.9. The number of amides is 1. The van der Waals surface area contributed by atoms with Crippen molar-refractivity contribution in [3.05, 3.63) is 96.4 Å². The maximum atomic E-state index is 12.7. The normalized spacial score (nSPS) is 12.1. The first-order chi connectivity index (χ1) is 14.9. The van der Waals surface area contributed by atoms with Crippen molar-refractivity contribution in [2.24, 2.45) is 0 Å². The minimum atomic E-state index is -0.618. The van der Waals surface area contributed by atoms with Crippen LogP contribution in [0.25, 0.3) is 11.6 Å². The molecule has 2 heterocycles. The number of aromatic amines is 1. The summed E-state index contributed by atoms with van der Waals surface area (Å²) in [4.78, 5) is 29.2. The molecule has 3 rings (SSSR count). The molecular formula is C25H26N2O3S. The molecule has 1 aromatic carbocycles. The molecule has 6 heteroatoms. The minimum absolute atomic E-state index is 0.269. The maximum Gasteiger partial charge on any atom is 0.265 e. The number of hydrogen-bond acceptors (Lipinski definition) is 4. The lowest BCUT2D eigenvalue weighted by Crippen LogP contribution is -2.41. The lowest BCUT2D eigenvalue weighted by atomic mass is 10.0. The van der Waals surface area contributed by atoms with E-state index in [2.05, 4.69) is 10.3 Å². The van der Waals surface area contributed by atoms with Crippen molar-refractivity contribution in [1.29, 1.82) is 0 Å². The molecule has 160 valence electrons. The van der Waals surface area contributed by atoms with Crippen LogP contribution in [0.3, 0.4) is 0 Å². The topological polar surface area (TPSA) is 82.2 Å². The molecule has 0 radical (unpaired) electrons. The molecular weight excluding hydrogens is 408 g/mol. The number of thiophene rings is 1. The molecule has 1 amide bonds. The van der Waals surface area contributed by atoms with Crippen LogP contribution in [0, 0.1) is 0 Å². The summed E-state index contributed by atoms with van der Waals surface area (Å²) in [5.74, 6) is -0.898. The summed E-state index contributed by atoms with van der Waals surface area (Å²) < 4.78 is 0. The second kappa shape index (κ2) is 10.1. The predicted molar refractivity (Wildman–Crippen MR) is 127 cm³/mol. The molecule has 0 saturated heterocycles. The van der Waals surface area contributed by atoms with E-state index in [0.29, 0.717) is 23.5 Å². The van der Waals surface area contributed by atoms with Gasteiger partial charge in [0.2, 0.25) is 0 Å². The maximum absolute atomic E-state index is 12.7. The third-order valence-electron chi connectivity index (χ3n) is 4.90. The smallest absolute Gasteiger partial charge is 0.265 e. The second-order valence-electron chi connectivity index (χ2n) is 7.40. The van der Waals surface area contributed by atoms with Gasteiger partial charge in [-0.05, 0) is 55.9 Å². The SMILES string of the molecule is C/C=C(\C=c1\[nH]c(=O)c(C(=O)NCc2cccs2)c(O)c1=C(C)C)Cc1ccccc1. The lowest BCUT2D eigenvalue weighted by Gasteiger charge is -2.08. The molecule has 0 aliphatic carbocycles. The molecule has 0 aliphatic rings. The van der Waals surface area contributed by atoms with Gasteiger partial charge in [-0.15, -0.1) is 11.3 Å². The van der Waals surface area contributed by atoms with Crippen molar-refractivity contribution in [2.45, 2.75) is 33.7 Å². The number of carbonyl (C=O) groups excluding carboxylic acids is 1. The van der Waals surface area contributed by atoms with Crippen molar-refractivity contribution in [3.63, 3.8) is 0 Å². The highest BCUT2D eigenvalue weighted by atomic mass is 32.1. The lowest BCUT2D eigenvalue weighted by molar-refractivity contribution is 0.0946. The Morgan fingerprint density at radius 1 is 1.16 bits per heavy atom. The van der Waals surface area contributed by atoms with E-state index < -0.39 is 11.5 Å². The summed E-state index contributed by atoms with van der Waals surface area (Å²) in [6, 6.07) is 13.8. The monoisotopic (exact) mass is 434 g/mol. The third-order valence-corrected chi connectivity index (χ3v) is 5.78. The third kappa shape index (κ3) is 5.41. The molecule has 3 N–H and O–H groups in total. The number of nitrogens with one attached hydrogen (secondary N) is 2. The summed E-state index contributed by atoms with van der Waals surface area (Å²) in [6.45, 7) is 5.91. The van der Waals surface area contributed by atoms with E-state index in [4.69, 9.17) is 0 Å². The highest BCUT2D eigenvalue weighted by molar-refractivity contribution is 7.09. The van der Waals surface area contributed by atoms with Crippen molar-refractivity contribution < 1.29 is 9.90 Å². The van der Waals surface area contributed by atoms with Gasteiger partial charge in [-0.25, -0.2) is 0 Å². The quantitative estimate of drug-likeness (QED) is 0.557. The number of aromatic nitrogens is 1. The Balaban J connectivity index is 2.03. The van der Waals surface area contributed by atoms with Crippen LogP contribution in [-0.2, 0) is 13.0 Å². The van der Waals surface area contributed by atoms with E-state index in [0.717, 1.165) is 21.6 Å². The Morgan fingerprint density at radius 3 is 2.52 bits per heavy atom. The first-order valence-corrected chi connectivity index (χ1v) is 10.9. The molecule has 0 aliphatic heterocycles. The molecule has 31 heavy (non-hydrogen) atoms. The number of allylic oxidation sites excluding steroid dienone is 2. The zero-order chi connectivity index (χ0) is 22.4. The molecule has 3 aromatic rings. The standard InChI is InChI=1S/C25H26N2O3S/c1-4-17(13-18-9-6-5-7-10-18)14-20-21(16(2)3)23(28)22(25(30)27-20)24(29)26-15-19-11-8-12-31-19/h4-12,14,28H,13,15H2,1-3H3,(H,26,29)(H,27,30)/b17-4-,20-14+. The zero-order valence-corrected chi connectivity index (χ0v) is 18.7. The van der Waals surface area contributed by atoms with Crippen LogP contribution in [-0.4, -0.2) is 16.0 Å². The molecule has 5 nitrogen and oxygen atoms in total. The summed E-state index contributed by atoms with van der Waals surface area (Å²) in [5, 5.41) is 16.5. The summed E-state index contributed by atoms with van der Waals surface area (Å²) in [7, 11) is 0. The van der Waals surface area contributed by atoms with Crippen LogP contribution in [0.5, 0.6) is 5.75 Å². The second-order valence-corrected chi connectivity index (χ2v) is 8.43. The Morgan fingerprint density at radius 2 is 1.90 bits per heavy atom. The fourth-order valence-electron chi connectivity index (χ4n) is 3.35. The van der Waals surface area contributed by atoms with Gasteiger partial charge in [0.15, 0.2) is 0 Å². The number of rotatable bonds is 6. The van der Waals surface area contributed by atoms with Gasteiger partial charge in [0.05, 0.1) is 11.9 Å². The van der Waals surface area contributed by atoms with Crippen molar-refractivity contribution in [3.8, 4) is 5.75 Å². The van der Waals surface area contributed by atoms with Crippen molar-refractivity contribution >= 4 is 28.9 Å². The van der Waals surface area contributed by atoms with Gasteiger partial charge >= 0.3 is 0 Å². The molecule has 0 fully saturated rings. The summed E-state index contributed by atoms with van der Waals surface area (Å²) in [6.07, 6.45) is 4.51. The molecule has 0 spiro atoms. The number of benzene rings is 1. The molecule has 0 atom stereocenters. The van der Waals surface area contributed by atoms with Crippen LogP contribution < -0.4 is 21.4 Å². The fourth-order valence-corrected chi connectivity index (χ4v) is 4.00. The van der Waals surface area contributed by atoms with E-state index in [1.54, 1.807) is 0 Å². The van der Waals surface area contributed by atoms with Crippen LogP contribution in [0.4, 0.5) is 0 Å². The molecule has 0 unspecified atom stereocenters. The van der Waals surface area contributed by atoms with Gasteiger partial charge in [-0.3, -0.25) is 9.59 Å². The number of pyridine rings is 1. The van der Waals surface area contributed by atoms with Gasteiger partial charge in [0.25, 0.3) is 11.5 Å². The Labute approximate surface area is 185 Å². The predicted octanol–water partition coefficient (Wildman–Crippen LogP) is 3.23. The number of aromatic hydroxyl groups is 1. The van der Waals surface area contributed by atoms with Gasteiger partial charge in [-0.2, -0.15) is 0 Å². The highest BCUT2D eigenvalue weighted by Gasteiger charge is 2.18. The average Bonchev–Trinajstić information content (AvgIpc) is 3.25. The number of H-pyrrole nitrogens is 1. The molecule has 0 bridgehead atoms. The highest BCUT2D eigenvalue weighted by Crippen LogP contribution is 2.11. The first-order valence-electron chi connectivity index (χ1n) is 10.0. The van der Waals surface area contributed by atoms with Crippen LogP contribution in [0.15, 0.2) is 64.3 Å². The van der Waals surface area contributed by atoms with E-state index >= 15 is 0 Å². The van der Waals surface area contributed by atoms with E-state index in [9.17, 15) is 14.7 Å². The first kappa shape index (κ1) is 22.3. The minimum Gasteiger partial charge on any atom is -0.506 e. The van der Waals surface area contributed by atoms with Crippen molar-refractivity contribution in [1.82, 2.24) is 10.3 Å². The van der Waals surface area contributed by atoms with Gasteiger partial charge in [0.1, 0.15) is 11.3 Å². The Bertz CT molecular complexity index is 1270. The van der Waals surface area contributed by atoms with Crippen LogP contribution in [0.2, 0.25) is 0 Å². The van der Waals surface area contributed by atoms with E-state index in [-0.39, 0.29) is 11.3 Å². The van der Waals surface area contributed by atoms with Crippen LogP contribution in [0.1, 0.15) is 41.6 Å². The van der Waals surface area contributed by atoms with E-state index in [1.807, 2.05) is 80.8 Å². The van der Waals surface area contributed by atoms with Crippen molar-refractivity contribution in [2.75, 3.05) is 0 Å². The number of carbonyl (C=O) groups is 1. The Kier molecular flexibility index (Phi) is 7.26. The molecule has 2 aromatic heterocycles. The van der Waals surface area contributed by atoms with Gasteiger partial charge in [-0.1, -0.05) is 48.0 Å². The molecule has 0 saturated carbocycles.